The van der Waals surface area contributed by atoms with Crippen LogP contribution in [0.5, 0.6) is 0 Å². The highest BCUT2D eigenvalue weighted by Gasteiger charge is 2.22. The van der Waals surface area contributed by atoms with Crippen LogP contribution in [0, 0.1) is 11.3 Å². The molecule has 2 unspecified atom stereocenters. The minimum atomic E-state index is 0.410. The van der Waals surface area contributed by atoms with Crippen molar-refractivity contribution in [2.75, 3.05) is 26.7 Å². The Morgan fingerprint density at radius 1 is 1.31 bits per heavy atom. The van der Waals surface area contributed by atoms with Crippen LogP contribution in [0.2, 0.25) is 0 Å². The summed E-state index contributed by atoms with van der Waals surface area (Å²) in [7, 11) is 2.25. The van der Waals surface area contributed by atoms with E-state index >= 15 is 0 Å². The molecule has 0 aromatic carbocycles. The lowest BCUT2D eigenvalue weighted by Gasteiger charge is -2.34. The summed E-state index contributed by atoms with van der Waals surface area (Å²) in [5, 5.41) is 3.66. The topological polar surface area (TPSA) is 15.3 Å². The predicted molar refractivity (Wildman–Crippen MR) is 71.8 cm³/mol. The molecular weight excluding hydrogens is 196 g/mol. The minimum absolute atomic E-state index is 0.410. The molecule has 0 spiro atoms. The highest BCUT2D eigenvalue weighted by atomic mass is 15.1. The third-order valence-corrected chi connectivity index (χ3v) is 3.46. The van der Waals surface area contributed by atoms with Gasteiger partial charge in [-0.15, -0.1) is 0 Å². The zero-order valence-corrected chi connectivity index (χ0v) is 11.8. The molecule has 1 aliphatic rings. The van der Waals surface area contributed by atoms with Gasteiger partial charge in [0.25, 0.3) is 0 Å². The van der Waals surface area contributed by atoms with Crippen molar-refractivity contribution in [1.29, 1.82) is 0 Å². The molecule has 2 nitrogen and oxygen atoms in total. The number of piperidine rings is 1. The van der Waals surface area contributed by atoms with Crippen molar-refractivity contribution in [2.24, 2.45) is 11.3 Å². The number of hydrogen-bond acceptors (Lipinski definition) is 2. The van der Waals surface area contributed by atoms with Crippen LogP contribution in [0.4, 0.5) is 0 Å². The molecule has 1 aliphatic heterocycles. The summed E-state index contributed by atoms with van der Waals surface area (Å²) in [6.45, 7) is 12.9. The molecule has 1 rings (SSSR count). The average Bonchev–Trinajstić information content (AvgIpc) is 2.15. The van der Waals surface area contributed by atoms with E-state index in [1.807, 2.05) is 0 Å². The molecule has 2 atom stereocenters. The first-order valence-corrected chi connectivity index (χ1v) is 6.82. The maximum atomic E-state index is 3.66. The summed E-state index contributed by atoms with van der Waals surface area (Å²) in [4.78, 5) is 2.48. The zero-order chi connectivity index (χ0) is 12.2. The average molecular weight is 226 g/mol. The molecule has 1 N–H and O–H groups in total. The maximum absolute atomic E-state index is 3.66. The lowest BCUT2D eigenvalue weighted by atomic mass is 9.90. The lowest BCUT2D eigenvalue weighted by Crippen LogP contribution is -2.46. The summed E-state index contributed by atoms with van der Waals surface area (Å²) in [6.07, 6.45) is 4.09. The second kappa shape index (κ2) is 6.02. The van der Waals surface area contributed by atoms with E-state index in [4.69, 9.17) is 0 Å². The second-order valence-corrected chi connectivity index (χ2v) is 6.71. The molecule has 0 aromatic rings. The van der Waals surface area contributed by atoms with Crippen molar-refractivity contribution in [3.8, 4) is 0 Å². The van der Waals surface area contributed by atoms with E-state index in [-0.39, 0.29) is 0 Å². The Kier molecular flexibility index (Phi) is 5.26. The van der Waals surface area contributed by atoms with E-state index < -0.39 is 0 Å². The van der Waals surface area contributed by atoms with Crippen molar-refractivity contribution >= 4 is 0 Å². The largest absolute Gasteiger partial charge is 0.313 e. The third kappa shape index (κ3) is 5.31. The smallest absolute Gasteiger partial charge is 0.0197 e. The second-order valence-electron chi connectivity index (χ2n) is 6.71. The molecule has 2 heteroatoms. The third-order valence-electron chi connectivity index (χ3n) is 3.46. The first-order valence-electron chi connectivity index (χ1n) is 6.82. The molecular formula is C14H30N2. The Labute approximate surface area is 102 Å². The maximum Gasteiger partial charge on any atom is 0.0197 e. The van der Waals surface area contributed by atoms with Gasteiger partial charge in [-0.2, -0.15) is 0 Å². The van der Waals surface area contributed by atoms with Gasteiger partial charge in [-0.1, -0.05) is 34.1 Å². The van der Waals surface area contributed by atoms with E-state index in [1.54, 1.807) is 0 Å². The van der Waals surface area contributed by atoms with Crippen molar-refractivity contribution in [3.05, 3.63) is 0 Å². The lowest BCUT2D eigenvalue weighted by molar-refractivity contribution is 0.181. The van der Waals surface area contributed by atoms with Gasteiger partial charge < -0.3 is 10.2 Å². The molecule has 0 aromatic heterocycles. The van der Waals surface area contributed by atoms with Crippen molar-refractivity contribution in [1.82, 2.24) is 10.2 Å². The summed E-state index contributed by atoms with van der Waals surface area (Å²) in [5.74, 6) is 0.953. The van der Waals surface area contributed by atoms with Gasteiger partial charge in [0.15, 0.2) is 0 Å². The van der Waals surface area contributed by atoms with Crippen LogP contribution in [0.3, 0.4) is 0 Å². The molecule has 0 bridgehead atoms. The fourth-order valence-electron chi connectivity index (χ4n) is 2.86. The Balaban J connectivity index is 2.30. The monoisotopic (exact) mass is 226 g/mol. The fourth-order valence-corrected chi connectivity index (χ4v) is 2.86. The van der Waals surface area contributed by atoms with Gasteiger partial charge in [-0.25, -0.2) is 0 Å². The molecule has 0 aliphatic carbocycles. The van der Waals surface area contributed by atoms with E-state index in [9.17, 15) is 0 Å². The summed E-state index contributed by atoms with van der Waals surface area (Å²) in [5.41, 5.74) is 0.410. The molecule has 0 saturated carbocycles. The van der Waals surface area contributed by atoms with Gasteiger partial charge in [0.1, 0.15) is 0 Å². The number of nitrogens with zero attached hydrogens (tertiary/aromatic N) is 1. The van der Waals surface area contributed by atoms with Crippen LogP contribution in [0.1, 0.15) is 47.0 Å². The van der Waals surface area contributed by atoms with Crippen LogP contribution < -0.4 is 5.32 Å². The Bertz CT molecular complexity index is 195. The van der Waals surface area contributed by atoms with Crippen LogP contribution in [0.25, 0.3) is 0 Å². The standard InChI is InChI=1S/C14H30N2/c1-6-12-7-8-15-13(9-12)10-16(5)11-14(2,3)4/h12-13,15H,6-11H2,1-5H3. The summed E-state index contributed by atoms with van der Waals surface area (Å²) in [6, 6.07) is 0.714. The highest BCUT2D eigenvalue weighted by molar-refractivity contribution is 4.80. The van der Waals surface area contributed by atoms with Gasteiger partial charge in [0.05, 0.1) is 0 Å². The number of nitrogens with one attached hydrogen (secondary N) is 1. The van der Waals surface area contributed by atoms with Crippen molar-refractivity contribution in [2.45, 2.75) is 53.0 Å². The Morgan fingerprint density at radius 3 is 2.56 bits per heavy atom. The summed E-state index contributed by atoms with van der Waals surface area (Å²) >= 11 is 0. The normalized spacial score (nSPS) is 27.4. The number of hydrogen-bond donors (Lipinski definition) is 1. The summed E-state index contributed by atoms with van der Waals surface area (Å²) < 4.78 is 0. The van der Waals surface area contributed by atoms with Gasteiger partial charge in [-0.3, -0.25) is 0 Å². The van der Waals surface area contributed by atoms with Gasteiger partial charge in [-0.05, 0) is 37.8 Å². The van der Waals surface area contributed by atoms with Crippen LogP contribution >= 0.6 is 0 Å². The molecule has 0 amide bonds. The molecule has 1 heterocycles. The SMILES string of the molecule is CCC1CCNC(CN(C)CC(C)(C)C)C1. The molecule has 1 fully saturated rings. The molecule has 96 valence electrons. The van der Waals surface area contributed by atoms with E-state index in [0.29, 0.717) is 11.5 Å². The number of likely N-dealkylation sites (N-methyl/N-ethyl adjacent to an activating group) is 1. The predicted octanol–water partition coefficient (Wildman–Crippen LogP) is 2.74. The minimum Gasteiger partial charge on any atom is -0.313 e. The Morgan fingerprint density at radius 2 is 2.00 bits per heavy atom. The molecule has 0 radical (unpaired) electrons. The van der Waals surface area contributed by atoms with E-state index in [1.165, 1.54) is 38.9 Å². The first-order chi connectivity index (χ1) is 7.40. The van der Waals surface area contributed by atoms with Crippen LogP contribution in [0.15, 0.2) is 0 Å². The first kappa shape index (κ1) is 14.0. The quantitative estimate of drug-likeness (QED) is 0.793. The number of rotatable bonds is 4. The molecule has 16 heavy (non-hydrogen) atoms. The van der Waals surface area contributed by atoms with Gasteiger partial charge in [0, 0.05) is 19.1 Å². The zero-order valence-electron chi connectivity index (χ0n) is 11.8. The van der Waals surface area contributed by atoms with Crippen molar-refractivity contribution in [3.63, 3.8) is 0 Å². The van der Waals surface area contributed by atoms with E-state index in [0.717, 1.165) is 5.92 Å². The van der Waals surface area contributed by atoms with Crippen LogP contribution in [-0.2, 0) is 0 Å². The Hall–Kier alpha value is -0.0800. The van der Waals surface area contributed by atoms with Gasteiger partial charge >= 0.3 is 0 Å². The van der Waals surface area contributed by atoms with Crippen LogP contribution in [-0.4, -0.2) is 37.6 Å². The highest BCUT2D eigenvalue weighted by Crippen LogP contribution is 2.20. The molecule has 1 saturated heterocycles. The fraction of sp³-hybridized carbons (Fsp3) is 1.00. The van der Waals surface area contributed by atoms with E-state index in [2.05, 4.69) is 45.0 Å². The van der Waals surface area contributed by atoms with Gasteiger partial charge in [0.2, 0.25) is 0 Å². The van der Waals surface area contributed by atoms with Crippen molar-refractivity contribution < 1.29 is 0 Å².